The van der Waals surface area contributed by atoms with E-state index in [1.165, 1.54) is 17.7 Å². The van der Waals surface area contributed by atoms with E-state index in [1.807, 2.05) is 30.9 Å². The van der Waals surface area contributed by atoms with E-state index in [0.29, 0.717) is 25.6 Å². The number of allylic oxidation sites excluding steroid dienone is 2. The molecule has 0 spiro atoms. The van der Waals surface area contributed by atoms with Crippen molar-refractivity contribution in [2.75, 3.05) is 24.6 Å². The lowest BCUT2D eigenvalue weighted by molar-refractivity contribution is 0.0499. The summed E-state index contributed by atoms with van der Waals surface area (Å²) >= 11 is 0. The molecule has 1 aromatic carbocycles. The number of rotatable bonds is 9. The van der Waals surface area contributed by atoms with Gasteiger partial charge in [0, 0.05) is 32.7 Å². The standard InChI is InChI=1S/C31H39N7O6/c1-20(2)13-16-37-25-26(34-28(37)36-15-9-10-21(18-36)33-29(41)44-31(3,4)5)35(6)30(42)38(27(25)40)19-23(39)22-11-7-8-12-24(22)43-17-14-32/h7-8,11-13,21H,9-10,15-19H2,1-6H3,(H,33,41). The van der Waals surface area contributed by atoms with Crippen LogP contribution in [0.5, 0.6) is 5.75 Å². The number of ether oxygens (including phenoxy) is 2. The Morgan fingerprint density at radius 1 is 1.18 bits per heavy atom. The van der Waals surface area contributed by atoms with Crippen molar-refractivity contribution in [3.8, 4) is 11.8 Å². The van der Waals surface area contributed by atoms with Gasteiger partial charge >= 0.3 is 11.8 Å². The highest BCUT2D eigenvalue weighted by molar-refractivity contribution is 5.98. The number of hydrogen-bond donors (Lipinski definition) is 1. The number of carbonyl (C=O) groups is 2. The van der Waals surface area contributed by atoms with E-state index in [-0.39, 0.29) is 35.1 Å². The van der Waals surface area contributed by atoms with Crippen LogP contribution in [0.1, 0.15) is 57.8 Å². The maximum absolute atomic E-state index is 14.0. The van der Waals surface area contributed by atoms with Crippen LogP contribution in [0.15, 0.2) is 45.5 Å². The van der Waals surface area contributed by atoms with Crippen molar-refractivity contribution in [3.63, 3.8) is 0 Å². The van der Waals surface area contributed by atoms with Crippen LogP contribution < -0.4 is 26.2 Å². The molecule has 2 aromatic heterocycles. The molecule has 3 heterocycles. The van der Waals surface area contributed by atoms with Crippen LogP contribution in [0.2, 0.25) is 0 Å². The van der Waals surface area contributed by atoms with Crippen LogP contribution in [0.25, 0.3) is 11.2 Å². The van der Waals surface area contributed by atoms with E-state index >= 15 is 0 Å². The summed E-state index contributed by atoms with van der Waals surface area (Å²) in [5.74, 6) is 0.167. The topological polar surface area (TPSA) is 153 Å². The van der Waals surface area contributed by atoms with Gasteiger partial charge in [0.2, 0.25) is 5.95 Å². The molecule has 0 aliphatic carbocycles. The highest BCUT2D eigenvalue weighted by Crippen LogP contribution is 2.24. The summed E-state index contributed by atoms with van der Waals surface area (Å²) < 4.78 is 14.8. The van der Waals surface area contributed by atoms with Gasteiger partial charge in [-0.1, -0.05) is 23.8 Å². The minimum absolute atomic E-state index is 0.160. The molecule has 1 fully saturated rings. The van der Waals surface area contributed by atoms with Gasteiger partial charge in [-0.25, -0.2) is 9.59 Å². The highest BCUT2D eigenvalue weighted by atomic mass is 16.6. The van der Waals surface area contributed by atoms with E-state index in [9.17, 15) is 19.2 Å². The summed E-state index contributed by atoms with van der Waals surface area (Å²) in [6.07, 6.45) is 2.96. The Bertz CT molecular complexity index is 1750. The number of aryl methyl sites for hydroxylation is 1. The zero-order valence-corrected chi connectivity index (χ0v) is 26.0. The first-order valence-corrected chi connectivity index (χ1v) is 14.5. The molecule has 4 rings (SSSR count). The number of nitriles is 1. The van der Waals surface area contributed by atoms with Gasteiger partial charge in [0.05, 0.1) is 12.1 Å². The Balaban J connectivity index is 1.75. The minimum atomic E-state index is -0.687. The molecule has 234 valence electrons. The first-order chi connectivity index (χ1) is 20.8. The van der Waals surface area contributed by atoms with E-state index in [4.69, 9.17) is 19.7 Å². The van der Waals surface area contributed by atoms with Crippen molar-refractivity contribution in [1.29, 1.82) is 5.26 Å². The molecule has 44 heavy (non-hydrogen) atoms. The second-order valence-electron chi connectivity index (χ2n) is 12.0. The van der Waals surface area contributed by atoms with E-state index in [0.717, 1.165) is 23.0 Å². The molecule has 1 atom stereocenters. The molecular weight excluding hydrogens is 566 g/mol. The number of amides is 1. The number of para-hydroxylation sites is 1. The number of hydrogen-bond acceptors (Lipinski definition) is 9. The summed E-state index contributed by atoms with van der Waals surface area (Å²) in [5, 5.41) is 11.8. The number of aromatic nitrogens is 4. The minimum Gasteiger partial charge on any atom is -0.478 e. The Morgan fingerprint density at radius 3 is 2.59 bits per heavy atom. The molecule has 1 N–H and O–H groups in total. The predicted octanol–water partition coefficient (Wildman–Crippen LogP) is 3.14. The molecule has 13 nitrogen and oxygen atoms in total. The smallest absolute Gasteiger partial charge is 0.407 e. The number of anilines is 1. The average molecular weight is 606 g/mol. The summed E-state index contributed by atoms with van der Waals surface area (Å²) in [6, 6.07) is 8.04. The van der Waals surface area contributed by atoms with Gasteiger partial charge in [-0.15, -0.1) is 0 Å². The lowest BCUT2D eigenvalue weighted by Gasteiger charge is -2.34. The first-order valence-electron chi connectivity index (χ1n) is 14.5. The van der Waals surface area contributed by atoms with Crippen molar-refractivity contribution < 1.29 is 19.1 Å². The third-order valence-corrected chi connectivity index (χ3v) is 7.10. The van der Waals surface area contributed by atoms with Gasteiger partial charge in [-0.3, -0.25) is 18.7 Å². The van der Waals surface area contributed by atoms with Gasteiger partial charge in [0.25, 0.3) is 5.56 Å². The normalized spacial score (nSPS) is 15.0. The number of Topliss-reactive ketones (excluding diaryl/α,β-unsaturated/α-hetero) is 1. The van der Waals surface area contributed by atoms with Gasteiger partial charge in [0.1, 0.15) is 17.4 Å². The number of nitrogens with zero attached hydrogens (tertiary/aromatic N) is 6. The lowest BCUT2D eigenvalue weighted by atomic mass is 10.1. The maximum Gasteiger partial charge on any atom is 0.407 e. The lowest BCUT2D eigenvalue weighted by Crippen LogP contribution is -2.49. The summed E-state index contributed by atoms with van der Waals surface area (Å²) in [4.78, 5) is 60.0. The zero-order valence-electron chi connectivity index (χ0n) is 26.0. The molecular formula is C31H39N7O6. The molecule has 0 radical (unpaired) electrons. The Hall–Kier alpha value is -4.86. The Labute approximate surface area is 255 Å². The highest BCUT2D eigenvalue weighted by Gasteiger charge is 2.29. The van der Waals surface area contributed by atoms with Gasteiger partial charge < -0.3 is 24.3 Å². The predicted molar refractivity (Wildman–Crippen MR) is 165 cm³/mol. The third-order valence-electron chi connectivity index (χ3n) is 7.10. The first kappa shape index (κ1) is 32.1. The number of imidazole rings is 1. The fourth-order valence-corrected chi connectivity index (χ4v) is 5.10. The molecule has 1 aliphatic rings. The molecule has 1 saturated heterocycles. The van der Waals surface area contributed by atoms with E-state index in [1.54, 1.807) is 43.5 Å². The number of piperidine rings is 1. The molecule has 13 heteroatoms. The summed E-state index contributed by atoms with van der Waals surface area (Å²) in [5.41, 5.74) is -0.401. The number of carbonyl (C=O) groups excluding carboxylic acids is 2. The number of fused-ring (bicyclic) bond motifs is 1. The molecule has 1 unspecified atom stereocenters. The van der Waals surface area contributed by atoms with Crippen molar-refractivity contribution in [1.82, 2.24) is 24.0 Å². The molecule has 1 amide bonds. The quantitative estimate of drug-likeness (QED) is 0.286. The second-order valence-corrected chi connectivity index (χ2v) is 12.0. The SMILES string of the molecule is CC(C)=CCn1c(N2CCCC(NC(=O)OC(C)(C)C)C2)nc2c1c(=O)n(CC(=O)c1ccccc1OCC#N)c(=O)n2C. The number of ketones is 1. The Kier molecular flexibility index (Phi) is 9.62. The van der Waals surface area contributed by atoms with Crippen LogP contribution in [-0.2, 0) is 24.9 Å². The van der Waals surface area contributed by atoms with Gasteiger partial charge in [0.15, 0.2) is 23.6 Å². The zero-order chi connectivity index (χ0) is 32.2. The monoisotopic (exact) mass is 605 g/mol. The molecule has 1 aliphatic heterocycles. The third kappa shape index (κ3) is 7.19. The number of benzene rings is 1. The van der Waals surface area contributed by atoms with Crippen molar-refractivity contribution in [2.45, 2.75) is 72.2 Å². The van der Waals surface area contributed by atoms with Crippen LogP contribution in [0.3, 0.4) is 0 Å². The molecule has 3 aromatic rings. The average Bonchev–Trinajstić information content (AvgIpc) is 3.35. The van der Waals surface area contributed by atoms with Crippen LogP contribution in [0, 0.1) is 11.3 Å². The van der Waals surface area contributed by atoms with E-state index in [2.05, 4.69) is 5.32 Å². The van der Waals surface area contributed by atoms with E-state index < -0.39 is 35.3 Å². The van der Waals surface area contributed by atoms with Crippen molar-refractivity contribution in [2.24, 2.45) is 7.05 Å². The molecule has 0 bridgehead atoms. The summed E-state index contributed by atoms with van der Waals surface area (Å²) in [7, 11) is 1.51. The second kappa shape index (κ2) is 13.2. The maximum atomic E-state index is 14.0. The largest absolute Gasteiger partial charge is 0.478 e. The van der Waals surface area contributed by atoms with Gasteiger partial charge in [-0.05, 0) is 59.6 Å². The molecule has 0 saturated carbocycles. The van der Waals surface area contributed by atoms with Crippen LogP contribution >= 0.6 is 0 Å². The fraction of sp³-hybridized carbons (Fsp3) is 0.484. The number of alkyl carbamates (subject to hydrolysis) is 1. The fourth-order valence-electron chi connectivity index (χ4n) is 5.10. The van der Waals surface area contributed by atoms with Crippen LogP contribution in [-0.4, -0.2) is 61.9 Å². The van der Waals surface area contributed by atoms with Crippen molar-refractivity contribution >= 4 is 29.0 Å². The van der Waals surface area contributed by atoms with Gasteiger partial charge in [-0.2, -0.15) is 10.2 Å². The summed E-state index contributed by atoms with van der Waals surface area (Å²) in [6.45, 7) is 9.88. The van der Waals surface area contributed by atoms with Crippen LogP contribution in [0.4, 0.5) is 10.7 Å². The van der Waals surface area contributed by atoms with Crippen molar-refractivity contribution in [3.05, 3.63) is 62.3 Å². The Morgan fingerprint density at radius 2 is 1.91 bits per heavy atom. The number of nitrogens with one attached hydrogen (secondary N) is 1.